The van der Waals surface area contributed by atoms with Crippen LogP contribution in [0.15, 0.2) is 67.1 Å². The van der Waals surface area contributed by atoms with E-state index < -0.39 is 0 Å². The summed E-state index contributed by atoms with van der Waals surface area (Å²) in [5.41, 5.74) is 5.24. The van der Waals surface area contributed by atoms with Gasteiger partial charge in [0.1, 0.15) is 0 Å². The van der Waals surface area contributed by atoms with E-state index in [9.17, 15) is 4.79 Å². The molecule has 3 aliphatic heterocycles. The number of anilines is 1. The second-order valence-corrected chi connectivity index (χ2v) is 10.3. The molecule has 0 radical (unpaired) electrons. The standard InChI is InChI=1S/C26H30N6OS/c33-25(21-18-34-26(29-21)19-6-3-9-27-15-19)28-10-12-30-13-14-32-22-7-2-1-5-20(22)16-31-11-4-8-23(31)24(32)17-30/h1-9,11,15,21,24,26,29H,10,12-14,16-18H2,(H,28,33)/t21-,24-,26?/m0/s1. The van der Waals surface area contributed by atoms with Crippen LogP contribution in [0.25, 0.3) is 0 Å². The third-order valence-corrected chi connectivity index (χ3v) is 8.39. The van der Waals surface area contributed by atoms with Crippen molar-refractivity contribution >= 4 is 23.4 Å². The maximum Gasteiger partial charge on any atom is 0.238 e. The monoisotopic (exact) mass is 474 g/mol. The van der Waals surface area contributed by atoms with E-state index in [-0.39, 0.29) is 17.3 Å². The predicted molar refractivity (Wildman–Crippen MR) is 136 cm³/mol. The lowest BCUT2D eigenvalue weighted by atomic mass is 10.1. The molecule has 0 bridgehead atoms. The first-order valence-corrected chi connectivity index (χ1v) is 13.1. The Kier molecular flexibility index (Phi) is 6.03. The van der Waals surface area contributed by atoms with E-state index >= 15 is 0 Å². The third kappa shape index (κ3) is 4.21. The highest BCUT2D eigenvalue weighted by Gasteiger charge is 2.34. The van der Waals surface area contributed by atoms with Crippen LogP contribution in [0.5, 0.6) is 0 Å². The first kappa shape index (κ1) is 21.7. The van der Waals surface area contributed by atoms with Crippen molar-refractivity contribution in [2.75, 3.05) is 43.4 Å². The zero-order valence-corrected chi connectivity index (χ0v) is 20.0. The number of thioether (sulfide) groups is 1. The number of pyridine rings is 1. The molecule has 2 fully saturated rings. The summed E-state index contributed by atoms with van der Waals surface area (Å²) in [6.07, 6.45) is 5.84. The summed E-state index contributed by atoms with van der Waals surface area (Å²) >= 11 is 1.77. The van der Waals surface area contributed by atoms with Crippen LogP contribution in [0.3, 0.4) is 0 Å². The fraction of sp³-hybridized carbons (Fsp3) is 0.385. The first-order chi connectivity index (χ1) is 16.8. The molecule has 1 amide bonds. The van der Waals surface area contributed by atoms with Gasteiger partial charge in [-0.2, -0.15) is 0 Å². The van der Waals surface area contributed by atoms with Gasteiger partial charge >= 0.3 is 0 Å². The molecule has 0 spiro atoms. The lowest BCUT2D eigenvalue weighted by Crippen LogP contribution is -2.51. The van der Waals surface area contributed by atoms with Gasteiger partial charge in [-0.1, -0.05) is 24.3 Å². The van der Waals surface area contributed by atoms with Crippen LogP contribution < -0.4 is 15.5 Å². The van der Waals surface area contributed by atoms with E-state index in [0.29, 0.717) is 12.6 Å². The zero-order chi connectivity index (χ0) is 22.9. The van der Waals surface area contributed by atoms with Crippen LogP contribution in [0.2, 0.25) is 0 Å². The van der Waals surface area contributed by atoms with Gasteiger partial charge in [0.2, 0.25) is 5.91 Å². The van der Waals surface area contributed by atoms with Crippen LogP contribution >= 0.6 is 11.8 Å². The molecule has 3 aliphatic rings. The number of hydrogen-bond donors (Lipinski definition) is 2. The molecule has 1 aromatic carbocycles. The number of hydrogen-bond acceptors (Lipinski definition) is 6. The Morgan fingerprint density at radius 1 is 1.15 bits per heavy atom. The molecule has 176 valence electrons. The van der Waals surface area contributed by atoms with E-state index in [1.165, 1.54) is 16.9 Å². The Morgan fingerprint density at radius 3 is 3.00 bits per heavy atom. The van der Waals surface area contributed by atoms with Crippen LogP contribution in [0.4, 0.5) is 5.69 Å². The summed E-state index contributed by atoms with van der Waals surface area (Å²) in [5, 5.41) is 6.74. The number of nitrogens with one attached hydrogen (secondary N) is 2. The molecular formula is C26H30N6OS. The average Bonchev–Trinajstić information content (AvgIpc) is 3.53. The third-order valence-electron chi connectivity index (χ3n) is 7.13. The summed E-state index contributed by atoms with van der Waals surface area (Å²) in [6, 6.07) is 17.4. The second-order valence-electron chi connectivity index (χ2n) is 9.21. The molecule has 2 aromatic heterocycles. The molecule has 0 aliphatic carbocycles. The SMILES string of the molecule is O=C(NCCN1CCN2c3ccccc3Cn3cccc3[C@@H]2C1)[C@@H]1CSC(c2cccnc2)N1. The van der Waals surface area contributed by atoms with E-state index in [2.05, 4.69) is 78.6 Å². The Bertz CT molecular complexity index is 1150. The second kappa shape index (κ2) is 9.44. The Labute approximate surface area is 204 Å². The predicted octanol–water partition coefficient (Wildman–Crippen LogP) is 2.63. The largest absolute Gasteiger partial charge is 0.360 e. The van der Waals surface area contributed by atoms with Crippen molar-refractivity contribution < 1.29 is 4.79 Å². The molecule has 5 heterocycles. The van der Waals surface area contributed by atoms with Gasteiger partial charge in [-0.15, -0.1) is 11.8 Å². The number of carbonyl (C=O) groups is 1. The maximum absolute atomic E-state index is 12.8. The number of amides is 1. The number of nitrogens with zero attached hydrogens (tertiary/aromatic N) is 4. The molecule has 6 rings (SSSR count). The summed E-state index contributed by atoms with van der Waals surface area (Å²) in [5.74, 6) is 0.873. The number of aromatic nitrogens is 2. The topological polar surface area (TPSA) is 65.4 Å². The molecule has 2 N–H and O–H groups in total. The van der Waals surface area contributed by atoms with Crippen molar-refractivity contribution in [3.05, 3.63) is 83.9 Å². The highest BCUT2D eigenvalue weighted by atomic mass is 32.2. The molecule has 7 nitrogen and oxygen atoms in total. The highest BCUT2D eigenvalue weighted by Crippen LogP contribution is 2.37. The smallest absolute Gasteiger partial charge is 0.238 e. The number of rotatable bonds is 5. The first-order valence-electron chi connectivity index (χ1n) is 12.0. The normalized spacial score (nSPS) is 24.1. The van der Waals surface area contributed by atoms with Crippen molar-refractivity contribution in [2.24, 2.45) is 0 Å². The van der Waals surface area contributed by atoms with E-state index in [0.717, 1.165) is 44.0 Å². The van der Waals surface area contributed by atoms with E-state index in [1.807, 2.05) is 12.3 Å². The Morgan fingerprint density at radius 2 is 2.09 bits per heavy atom. The number of piperazine rings is 1. The lowest BCUT2D eigenvalue weighted by molar-refractivity contribution is -0.122. The summed E-state index contributed by atoms with van der Waals surface area (Å²) in [6.45, 7) is 5.42. The summed E-state index contributed by atoms with van der Waals surface area (Å²) in [7, 11) is 0. The van der Waals surface area contributed by atoms with Crippen molar-refractivity contribution in [2.45, 2.75) is 24.0 Å². The van der Waals surface area contributed by atoms with Crippen molar-refractivity contribution in [1.82, 2.24) is 25.1 Å². The summed E-state index contributed by atoms with van der Waals surface area (Å²) in [4.78, 5) is 22.0. The molecule has 34 heavy (non-hydrogen) atoms. The average molecular weight is 475 g/mol. The van der Waals surface area contributed by atoms with Crippen molar-refractivity contribution in [3.8, 4) is 0 Å². The summed E-state index contributed by atoms with van der Waals surface area (Å²) < 4.78 is 2.39. The minimum absolute atomic E-state index is 0.0924. The van der Waals surface area contributed by atoms with Gasteiger partial charge in [-0.25, -0.2) is 0 Å². The van der Waals surface area contributed by atoms with E-state index in [1.54, 1.807) is 18.0 Å². The molecule has 0 saturated carbocycles. The Balaban J connectivity index is 1.05. The molecular weight excluding hydrogens is 444 g/mol. The van der Waals surface area contributed by atoms with Gasteiger partial charge < -0.3 is 14.8 Å². The van der Waals surface area contributed by atoms with Crippen LogP contribution in [-0.2, 0) is 11.3 Å². The van der Waals surface area contributed by atoms with Gasteiger partial charge in [0.25, 0.3) is 0 Å². The molecule has 1 unspecified atom stereocenters. The Hall–Kier alpha value is -2.81. The van der Waals surface area contributed by atoms with Crippen LogP contribution in [-0.4, -0.2) is 64.9 Å². The zero-order valence-electron chi connectivity index (χ0n) is 19.1. The van der Waals surface area contributed by atoms with Gasteiger partial charge in [-0.05, 0) is 35.4 Å². The van der Waals surface area contributed by atoms with Gasteiger partial charge in [0.05, 0.1) is 17.5 Å². The fourth-order valence-corrected chi connectivity index (χ4v) is 6.60. The van der Waals surface area contributed by atoms with Crippen molar-refractivity contribution in [1.29, 1.82) is 0 Å². The minimum atomic E-state index is -0.159. The minimum Gasteiger partial charge on any atom is -0.360 e. The lowest BCUT2D eigenvalue weighted by Gasteiger charge is -2.42. The molecule has 3 atom stereocenters. The molecule has 3 aromatic rings. The molecule has 2 saturated heterocycles. The van der Waals surface area contributed by atoms with Crippen LogP contribution in [0, 0.1) is 0 Å². The maximum atomic E-state index is 12.8. The van der Waals surface area contributed by atoms with Gasteiger partial charge in [0, 0.05) is 75.0 Å². The highest BCUT2D eigenvalue weighted by molar-refractivity contribution is 7.99. The van der Waals surface area contributed by atoms with E-state index in [4.69, 9.17) is 0 Å². The van der Waals surface area contributed by atoms with Gasteiger partial charge in [0.15, 0.2) is 0 Å². The van der Waals surface area contributed by atoms with Crippen LogP contribution in [0.1, 0.15) is 28.2 Å². The molecule has 8 heteroatoms. The van der Waals surface area contributed by atoms with Gasteiger partial charge in [-0.3, -0.25) is 20.0 Å². The number of fused-ring (bicyclic) bond motifs is 5. The number of benzene rings is 1. The number of para-hydroxylation sites is 1. The van der Waals surface area contributed by atoms with Crippen molar-refractivity contribution in [3.63, 3.8) is 0 Å². The fourth-order valence-electron chi connectivity index (χ4n) is 5.37. The quantitative estimate of drug-likeness (QED) is 0.593. The number of carbonyl (C=O) groups excluding carboxylic acids is 1.